The summed E-state index contributed by atoms with van der Waals surface area (Å²) in [5.74, 6) is 0.290. The molecular weight excluding hydrogens is 356 g/mol. The third-order valence-electron chi connectivity index (χ3n) is 5.68. The molecule has 0 bridgehead atoms. The molecule has 1 saturated carbocycles. The molecule has 1 aliphatic heterocycles. The zero-order chi connectivity index (χ0) is 18.7. The summed E-state index contributed by atoms with van der Waals surface area (Å²) in [6.07, 6.45) is 4.58. The minimum absolute atomic E-state index is 0.00695. The number of nitrogens with zero attached hydrogens (tertiary/aromatic N) is 1. The molecule has 0 unspecified atom stereocenters. The van der Waals surface area contributed by atoms with Gasteiger partial charge in [0.05, 0.1) is 11.4 Å². The normalized spacial score (nSPS) is 18.2. The number of carbonyl (C=O) groups excluding carboxylic acids is 2. The molecular formula is C22H24N2O2S. The van der Waals surface area contributed by atoms with Gasteiger partial charge in [0, 0.05) is 16.9 Å². The zero-order valence-corrected chi connectivity index (χ0v) is 16.1. The summed E-state index contributed by atoms with van der Waals surface area (Å²) < 4.78 is 0. The summed E-state index contributed by atoms with van der Waals surface area (Å²) in [7, 11) is 0. The fourth-order valence-electron chi connectivity index (χ4n) is 4.21. The van der Waals surface area contributed by atoms with Crippen LogP contribution < -0.4 is 10.2 Å². The second-order valence-corrected chi connectivity index (χ2v) is 8.38. The summed E-state index contributed by atoms with van der Waals surface area (Å²) in [6, 6.07) is 18.3. The number of thioether (sulfide) groups is 1. The molecule has 2 amide bonds. The monoisotopic (exact) mass is 380 g/mol. The quantitative estimate of drug-likeness (QED) is 0.859. The smallest absolute Gasteiger partial charge is 0.240 e. The first-order valence-corrected chi connectivity index (χ1v) is 10.5. The molecule has 5 heteroatoms. The molecule has 2 aliphatic rings. The number of fused-ring (bicyclic) bond motifs is 1. The lowest BCUT2D eigenvalue weighted by Gasteiger charge is -2.31. The highest BCUT2D eigenvalue weighted by molar-refractivity contribution is 8.00. The van der Waals surface area contributed by atoms with E-state index in [0.29, 0.717) is 12.3 Å². The van der Waals surface area contributed by atoms with E-state index in [4.69, 9.17) is 0 Å². The van der Waals surface area contributed by atoms with Gasteiger partial charge in [-0.3, -0.25) is 9.59 Å². The zero-order valence-electron chi connectivity index (χ0n) is 15.3. The molecule has 2 aromatic carbocycles. The van der Waals surface area contributed by atoms with Gasteiger partial charge < -0.3 is 10.2 Å². The van der Waals surface area contributed by atoms with Gasteiger partial charge in [-0.15, -0.1) is 11.8 Å². The molecule has 2 aromatic rings. The summed E-state index contributed by atoms with van der Waals surface area (Å²) in [5, 5.41) is 3.12. The number of hydrogen-bond acceptors (Lipinski definition) is 3. The first-order chi connectivity index (χ1) is 13.2. The lowest BCUT2D eigenvalue weighted by atomic mass is 9.79. The van der Waals surface area contributed by atoms with Crippen molar-refractivity contribution < 1.29 is 9.59 Å². The van der Waals surface area contributed by atoms with Gasteiger partial charge in [0.25, 0.3) is 0 Å². The van der Waals surface area contributed by atoms with Gasteiger partial charge in [-0.1, -0.05) is 55.3 Å². The van der Waals surface area contributed by atoms with Crippen LogP contribution in [0, 0.1) is 0 Å². The SMILES string of the molecule is O=C(CN1C(=O)CSc2ccccc21)NCC1(c2ccccc2)CCCC1. The average molecular weight is 381 g/mol. The molecule has 140 valence electrons. The molecule has 1 aliphatic carbocycles. The fraction of sp³-hybridized carbons (Fsp3) is 0.364. The first-order valence-electron chi connectivity index (χ1n) is 9.52. The van der Waals surface area contributed by atoms with Gasteiger partial charge in [-0.25, -0.2) is 0 Å². The molecule has 0 atom stereocenters. The predicted octanol–water partition coefficient (Wildman–Crippen LogP) is 3.75. The van der Waals surface area contributed by atoms with E-state index in [-0.39, 0.29) is 23.8 Å². The van der Waals surface area contributed by atoms with E-state index in [1.54, 1.807) is 4.90 Å². The van der Waals surface area contributed by atoms with Crippen LogP contribution in [0.15, 0.2) is 59.5 Å². The fourth-order valence-corrected chi connectivity index (χ4v) is 5.14. The highest BCUT2D eigenvalue weighted by atomic mass is 32.2. The Hall–Kier alpha value is -2.27. The Balaban J connectivity index is 1.45. The molecule has 0 spiro atoms. The maximum absolute atomic E-state index is 12.7. The third-order valence-corrected chi connectivity index (χ3v) is 6.73. The lowest BCUT2D eigenvalue weighted by Crippen LogP contribution is -2.46. The number of para-hydroxylation sites is 1. The van der Waals surface area contributed by atoms with E-state index in [2.05, 4.69) is 29.6 Å². The number of amides is 2. The van der Waals surface area contributed by atoms with Crippen LogP contribution in [0.4, 0.5) is 5.69 Å². The Morgan fingerprint density at radius 1 is 1.04 bits per heavy atom. The molecule has 0 radical (unpaired) electrons. The van der Waals surface area contributed by atoms with Gasteiger partial charge in [-0.05, 0) is 30.5 Å². The van der Waals surface area contributed by atoms with Gasteiger partial charge >= 0.3 is 0 Å². The molecule has 0 aromatic heterocycles. The van der Waals surface area contributed by atoms with Crippen molar-refractivity contribution in [2.45, 2.75) is 36.0 Å². The van der Waals surface area contributed by atoms with Crippen molar-refractivity contribution in [3.63, 3.8) is 0 Å². The van der Waals surface area contributed by atoms with Crippen molar-refractivity contribution in [2.75, 3.05) is 23.7 Å². The van der Waals surface area contributed by atoms with Gasteiger partial charge in [0.1, 0.15) is 6.54 Å². The topological polar surface area (TPSA) is 49.4 Å². The van der Waals surface area contributed by atoms with Crippen LogP contribution in [0.25, 0.3) is 0 Å². The second-order valence-electron chi connectivity index (χ2n) is 7.37. The Labute approximate surface area is 164 Å². The second kappa shape index (κ2) is 7.77. The Morgan fingerprint density at radius 2 is 1.74 bits per heavy atom. The molecule has 27 heavy (non-hydrogen) atoms. The maximum Gasteiger partial charge on any atom is 0.240 e. The molecule has 1 fully saturated rings. The van der Waals surface area contributed by atoms with Crippen LogP contribution in [-0.4, -0.2) is 30.7 Å². The lowest BCUT2D eigenvalue weighted by molar-refractivity contribution is -0.123. The number of hydrogen-bond donors (Lipinski definition) is 1. The number of nitrogens with one attached hydrogen (secondary N) is 1. The highest BCUT2D eigenvalue weighted by Crippen LogP contribution is 2.40. The van der Waals surface area contributed by atoms with Crippen LogP contribution in [0.5, 0.6) is 0 Å². The van der Waals surface area contributed by atoms with Crippen molar-refractivity contribution >= 4 is 29.3 Å². The van der Waals surface area contributed by atoms with Crippen LogP contribution in [0.2, 0.25) is 0 Å². The van der Waals surface area contributed by atoms with Crippen molar-refractivity contribution in [3.8, 4) is 0 Å². The van der Waals surface area contributed by atoms with Gasteiger partial charge in [0.15, 0.2) is 0 Å². The van der Waals surface area contributed by atoms with Gasteiger partial charge in [0.2, 0.25) is 11.8 Å². The Kier molecular flexibility index (Phi) is 5.21. The van der Waals surface area contributed by atoms with Crippen molar-refractivity contribution in [2.24, 2.45) is 0 Å². The summed E-state index contributed by atoms with van der Waals surface area (Å²) in [6.45, 7) is 0.718. The molecule has 1 heterocycles. The summed E-state index contributed by atoms with van der Waals surface area (Å²) >= 11 is 1.54. The minimum Gasteiger partial charge on any atom is -0.354 e. The van der Waals surface area contributed by atoms with Crippen LogP contribution in [0.1, 0.15) is 31.2 Å². The van der Waals surface area contributed by atoms with E-state index in [9.17, 15) is 9.59 Å². The van der Waals surface area contributed by atoms with E-state index in [1.165, 1.54) is 30.2 Å². The average Bonchev–Trinajstić information content (AvgIpc) is 3.20. The third kappa shape index (κ3) is 3.74. The van der Waals surface area contributed by atoms with Crippen molar-refractivity contribution in [1.82, 2.24) is 5.32 Å². The van der Waals surface area contributed by atoms with Crippen LogP contribution in [-0.2, 0) is 15.0 Å². The van der Waals surface area contributed by atoms with E-state index < -0.39 is 0 Å². The Morgan fingerprint density at radius 3 is 2.52 bits per heavy atom. The van der Waals surface area contributed by atoms with E-state index in [0.717, 1.165) is 23.4 Å². The largest absolute Gasteiger partial charge is 0.354 e. The predicted molar refractivity (Wildman–Crippen MR) is 109 cm³/mol. The minimum atomic E-state index is -0.0905. The summed E-state index contributed by atoms with van der Waals surface area (Å²) in [4.78, 5) is 27.7. The maximum atomic E-state index is 12.7. The molecule has 4 rings (SSSR count). The first kappa shape index (κ1) is 18.1. The van der Waals surface area contributed by atoms with Crippen molar-refractivity contribution in [1.29, 1.82) is 0 Å². The Bertz CT molecular complexity index is 831. The van der Waals surface area contributed by atoms with Crippen LogP contribution in [0.3, 0.4) is 0 Å². The molecule has 0 saturated heterocycles. The number of anilines is 1. The van der Waals surface area contributed by atoms with Crippen LogP contribution >= 0.6 is 11.8 Å². The highest BCUT2D eigenvalue weighted by Gasteiger charge is 2.36. The van der Waals surface area contributed by atoms with Crippen molar-refractivity contribution in [3.05, 3.63) is 60.2 Å². The standard InChI is InChI=1S/C22H24N2O2S/c25-20(14-24-18-10-4-5-11-19(18)27-15-21(24)26)23-16-22(12-6-7-13-22)17-8-2-1-3-9-17/h1-5,8-11H,6-7,12-16H2,(H,23,25). The molecule has 4 nitrogen and oxygen atoms in total. The van der Waals surface area contributed by atoms with E-state index >= 15 is 0 Å². The van der Waals surface area contributed by atoms with E-state index in [1.807, 2.05) is 30.3 Å². The van der Waals surface area contributed by atoms with Gasteiger partial charge in [-0.2, -0.15) is 0 Å². The molecule has 1 N–H and O–H groups in total. The number of benzene rings is 2. The number of carbonyl (C=O) groups is 2. The number of rotatable bonds is 5. The summed E-state index contributed by atoms with van der Waals surface area (Å²) in [5.41, 5.74) is 2.17.